The maximum Gasteiger partial charge on any atom is 0.160 e. The number of phenols is 1. The SMILES string of the molecule is C/C=C/c1cc(O)c(C)c(C(C)=O)c1. The first-order chi connectivity index (χ1) is 6.56. The summed E-state index contributed by atoms with van der Waals surface area (Å²) >= 11 is 0. The van der Waals surface area contributed by atoms with Gasteiger partial charge in [0.15, 0.2) is 5.78 Å². The molecule has 0 saturated heterocycles. The van der Waals surface area contributed by atoms with Gasteiger partial charge in [0.05, 0.1) is 0 Å². The molecule has 0 bridgehead atoms. The van der Waals surface area contributed by atoms with Crippen LogP contribution in [0.1, 0.15) is 35.3 Å². The van der Waals surface area contributed by atoms with Gasteiger partial charge in [-0.2, -0.15) is 0 Å². The summed E-state index contributed by atoms with van der Waals surface area (Å²) < 4.78 is 0. The van der Waals surface area contributed by atoms with Crippen molar-refractivity contribution in [1.29, 1.82) is 0 Å². The normalized spacial score (nSPS) is 10.8. The molecule has 2 heteroatoms. The molecule has 1 aromatic rings. The molecule has 0 amide bonds. The molecule has 0 aromatic heterocycles. The Balaban J connectivity index is 3.35. The van der Waals surface area contributed by atoms with E-state index in [9.17, 15) is 9.90 Å². The predicted molar refractivity (Wildman–Crippen MR) is 57.6 cm³/mol. The number of rotatable bonds is 2. The number of aromatic hydroxyl groups is 1. The van der Waals surface area contributed by atoms with E-state index in [0.29, 0.717) is 11.1 Å². The summed E-state index contributed by atoms with van der Waals surface area (Å²) in [5.74, 6) is 0.148. The van der Waals surface area contributed by atoms with E-state index in [-0.39, 0.29) is 11.5 Å². The van der Waals surface area contributed by atoms with Gasteiger partial charge in [-0.25, -0.2) is 0 Å². The number of hydrogen-bond acceptors (Lipinski definition) is 2. The smallest absolute Gasteiger partial charge is 0.160 e. The Labute approximate surface area is 83.9 Å². The number of hydrogen-bond donors (Lipinski definition) is 1. The van der Waals surface area contributed by atoms with Crippen LogP contribution in [0.4, 0.5) is 0 Å². The van der Waals surface area contributed by atoms with Crippen molar-refractivity contribution in [3.8, 4) is 5.75 Å². The standard InChI is InChI=1S/C12H14O2/c1-4-5-10-6-11(9(3)13)8(2)12(14)7-10/h4-7,14H,1-3H3/b5-4+. The van der Waals surface area contributed by atoms with Crippen molar-refractivity contribution in [2.75, 3.05) is 0 Å². The monoisotopic (exact) mass is 190 g/mol. The second kappa shape index (κ2) is 4.09. The first-order valence-corrected chi connectivity index (χ1v) is 4.53. The Morgan fingerprint density at radius 2 is 2.07 bits per heavy atom. The Kier molecular flexibility index (Phi) is 3.07. The molecular formula is C12H14O2. The molecule has 0 fully saturated rings. The average molecular weight is 190 g/mol. The molecular weight excluding hydrogens is 176 g/mol. The van der Waals surface area contributed by atoms with Gasteiger partial charge in [0.25, 0.3) is 0 Å². The average Bonchev–Trinajstić information content (AvgIpc) is 2.11. The minimum absolute atomic E-state index is 0.0239. The molecule has 1 aromatic carbocycles. The minimum Gasteiger partial charge on any atom is -0.508 e. The van der Waals surface area contributed by atoms with E-state index in [0.717, 1.165) is 5.56 Å². The topological polar surface area (TPSA) is 37.3 Å². The molecule has 1 rings (SSSR count). The fourth-order valence-corrected chi connectivity index (χ4v) is 1.38. The number of carbonyl (C=O) groups is 1. The molecule has 14 heavy (non-hydrogen) atoms. The number of Topliss-reactive ketones (excluding diaryl/α,β-unsaturated/α-hetero) is 1. The van der Waals surface area contributed by atoms with E-state index in [1.807, 2.05) is 19.1 Å². The molecule has 2 nitrogen and oxygen atoms in total. The Hall–Kier alpha value is -1.57. The van der Waals surface area contributed by atoms with Gasteiger partial charge in [0.1, 0.15) is 5.75 Å². The zero-order valence-electron chi connectivity index (χ0n) is 8.66. The third-order valence-electron chi connectivity index (χ3n) is 2.14. The maximum atomic E-state index is 11.2. The van der Waals surface area contributed by atoms with Crippen molar-refractivity contribution in [1.82, 2.24) is 0 Å². The molecule has 0 aliphatic carbocycles. The fraction of sp³-hybridized carbons (Fsp3) is 0.250. The Bertz CT molecular complexity index is 390. The van der Waals surface area contributed by atoms with Crippen molar-refractivity contribution >= 4 is 11.9 Å². The number of benzene rings is 1. The highest BCUT2D eigenvalue weighted by atomic mass is 16.3. The van der Waals surface area contributed by atoms with E-state index in [1.54, 1.807) is 19.1 Å². The summed E-state index contributed by atoms with van der Waals surface area (Å²) in [6, 6.07) is 3.44. The summed E-state index contributed by atoms with van der Waals surface area (Å²) in [7, 11) is 0. The Morgan fingerprint density at radius 3 is 2.57 bits per heavy atom. The lowest BCUT2D eigenvalue weighted by Crippen LogP contribution is -1.97. The second-order valence-electron chi connectivity index (χ2n) is 3.27. The van der Waals surface area contributed by atoms with Gasteiger partial charge in [-0.15, -0.1) is 0 Å². The van der Waals surface area contributed by atoms with Crippen LogP contribution in [0.2, 0.25) is 0 Å². The molecule has 0 atom stereocenters. The van der Waals surface area contributed by atoms with Crippen molar-refractivity contribution in [3.63, 3.8) is 0 Å². The lowest BCUT2D eigenvalue weighted by atomic mass is 10.0. The van der Waals surface area contributed by atoms with Crippen LogP contribution < -0.4 is 0 Å². The van der Waals surface area contributed by atoms with Gasteiger partial charge in [-0.05, 0) is 38.5 Å². The fourth-order valence-electron chi connectivity index (χ4n) is 1.38. The van der Waals surface area contributed by atoms with Crippen LogP contribution in [-0.2, 0) is 0 Å². The van der Waals surface area contributed by atoms with Crippen LogP contribution in [0.5, 0.6) is 5.75 Å². The van der Waals surface area contributed by atoms with Gasteiger partial charge in [-0.1, -0.05) is 12.2 Å². The van der Waals surface area contributed by atoms with Crippen molar-refractivity contribution < 1.29 is 9.90 Å². The quantitative estimate of drug-likeness (QED) is 0.728. The number of allylic oxidation sites excluding steroid dienone is 1. The van der Waals surface area contributed by atoms with E-state index >= 15 is 0 Å². The van der Waals surface area contributed by atoms with Crippen LogP contribution in [-0.4, -0.2) is 10.9 Å². The van der Waals surface area contributed by atoms with E-state index in [4.69, 9.17) is 0 Å². The summed E-state index contributed by atoms with van der Waals surface area (Å²) in [6.45, 7) is 5.14. The van der Waals surface area contributed by atoms with Crippen LogP contribution in [0.25, 0.3) is 6.08 Å². The first-order valence-electron chi connectivity index (χ1n) is 4.53. The maximum absolute atomic E-state index is 11.2. The van der Waals surface area contributed by atoms with E-state index in [2.05, 4.69) is 0 Å². The molecule has 0 saturated carbocycles. The molecule has 0 radical (unpaired) electrons. The van der Waals surface area contributed by atoms with Crippen molar-refractivity contribution in [3.05, 3.63) is 34.9 Å². The van der Waals surface area contributed by atoms with Gasteiger partial charge in [0, 0.05) is 11.1 Å². The lowest BCUT2D eigenvalue weighted by molar-refractivity contribution is 0.101. The molecule has 0 aliphatic rings. The van der Waals surface area contributed by atoms with Gasteiger partial charge in [-0.3, -0.25) is 4.79 Å². The molecule has 0 aliphatic heterocycles. The number of carbonyl (C=O) groups excluding carboxylic acids is 1. The third-order valence-corrected chi connectivity index (χ3v) is 2.14. The zero-order chi connectivity index (χ0) is 10.7. The summed E-state index contributed by atoms with van der Waals surface area (Å²) in [5.41, 5.74) is 2.07. The minimum atomic E-state index is -0.0239. The molecule has 74 valence electrons. The molecule has 0 heterocycles. The largest absolute Gasteiger partial charge is 0.508 e. The highest BCUT2D eigenvalue weighted by Gasteiger charge is 2.08. The number of ketones is 1. The van der Waals surface area contributed by atoms with E-state index in [1.165, 1.54) is 6.92 Å². The lowest BCUT2D eigenvalue weighted by Gasteiger charge is -2.06. The molecule has 0 unspecified atom stereocenters. The Morgan fingerprint density at radius 1 is 1.43 bits per heavy atom. The number of phenolic OH excluding ortho intramolecular Hbond substituents is 1. The summed E-state index contributed by atoms with van der Waals surface area (Å²) in [6.07, 6.45) is 3.72. The van der Waals surface area contributed by atoms with Crippen LogP contribution in [0.3, 0.4) is 0 Å². The summed E-state index contributed by atoms with van der Waals surface area (Å²) in [5, 5.41) is 9.57. The zero-order valence-corrected chi connectivity index (χ0v) is 8.66. The van der Waals surface area contributed by atoms with Crippen LogP contribution >= 0.6 is 0 Å². The molecule has 1 N–H and O–H groups in total. The van der Waals surface area contributed by atoms with Crippen molar-refractivity contribution in [2.45, 2.75) is 20.8 Å². The van der Waals surface area contributed by atoms with Crippen molar-refractivity contribution in [2.24, 2.45) is 0 Å². The second-order valence-corrected chi connectivity index (χ2v) is 3.27. The third kappa shape index (κ3) is 2.02. The predicted octanol–water partition coefficient (Wildman–Crippen LogP) is 2.94. The highest BCUT2D eigenvalue weighted by Crippen LogP contribution is 2.23. The van der Waals surface area contributed by atoms with Crippen LogP contribution in [0, 0.1) is 6.92 Å². The molecule has 0 spiro atoms. The first kappa shape index (κ1) is 10.5. The van der Waals surface area contributed by atoms with E-state index < -0.39 is 0 Å². The van der Waals surface area contributed by atoms with Gasteiger partial charge in [0.2, 0.25) is 0 Å². The van der Waals surface area contributed by atoms with Gasteiger partial charge >= 0.3 is 0 Å². The van der Waals surface area contributed by atoms with Gasteiger partial charge < -0.3 is 5.11 Å². The highest BCUT2D eigenvalue weighted by molar-refractivity contribution is 5.96. The van der Waals surface area contributed by atoms with Crippen LogP contribution in [0.15, 0.2) is 18.2 Å². The summed E-state index contributed by atoms with van der Waals surface area (Å²) in [4.78, 5) is 11.2.